The van der Waals surface area contributed by atoms with Crippen LogP contribution in [-0.2, 0) is 17.8 Å². The first-order valence-corrected chi connectivity index (χ1v) is 11.5. The van der Waals surface area contributed by atoms with Crippen LogP contribution in [-0.4, -0.2) is 29.6 Å². The van der Waals surface area contributed by atoms with Crippen LogP contribution in [0.15, 0.2) is 72.8 Å². The number of carbonyl (C=O) groups excluding carboxylic acids is 1. The molecule has 0 fully saturated rings. The van der Waals surface area contributed by atoms with Crippen molar-refractivity contribution in [3.8, 4) is 11.1 Å². The van der Waals surface area contributed by atoms with E-state index in [0.29, 0.717) is 24.6 Å². The molecule has 0 spiro atoms. The molecule has 0 aliphatic carbocycles. The second kappa shape index (κ2) is 11.6. The number of hydrogen-bond donors (Lipinski definition) is 4. The number of carboxylic acids is 1. The van der Waals surface area contributed by atoms with Gasteiger partial charge in [-0.1, -0.05) is 74.5 Å². The van der Waals surface area contributed by atoms with Gasteiger partial charge in [-0.3, -0.25) is 9.59 Å². The Morgan fingerprint density at radius 1 is 0.941 bits per heavy atom. The van der Waals surface area contributed by atoms with Gasteiger partial charge in [0.15, 0.2) is 0 Å². The summed E-state index contributed by atoms with van der Waals surface area (Å²) in [5.74, 6) is -0.704. The average Bonchev–Trinajstić information content (AvgIpc) is 2.84. The fourth-order valence-corrected chi connectivity index (χ4v) is 4.07. The predicted molar refractivity (Wildman–Crippen MR) is 135 cm³/mol. The predicted octanol–water partition coefficient (Wildman–Crippen LogP) is 3.94. The van der Waals surface area contributed by atoms with E-state index in [4.69, 9.17) is 16.6 Å². The van der Waals surface area contributed by atoms with Gasteiger partial charge in [0.1, 0.15) is 6.04 Å². The average molecular weight is 460 g/mol. The van der Waals surface area contributed by atoms with E-state index in [1.807, 2.05) is 18.2 Å². The van der Waals surface area contributed by atoms with Crippen LogP contribution in [0, 0.1) is 5.92 Å². The van der Waals surface area contributed by atoms with Crippen LogP contribution in [0.2, 0.25) is 0 Å². The molecule has 3 aromatic rings. The molecular weight excluding hydrogens is 426 g/mol. The van der Waals surface area contributed by atoms with Gasteiger partial charge in [0.2, 0.25) is 0 Å². The molecule has 0 aliphatic heterocycles. The normalized spacial score (nSPS) is 12.9. The van der Waals surface area contributed by atoms with Crippen molar-refractivity contribution in [1.29, 1.82) is 0 Å². The zero-order chi connectivity index (χ0) is 24.7. The second-order valence-corrected chi connectivity index (χ2v) is 8.89. The zero-order valence-electron chi connectivity index (χ0n) is 19.7. The Bertz CT molecular complexity index is 1110. The van der Waals surface area contributed by atoms with Gasteiger partial charge in [0, 0.05) is 24.6 Å². The molecule has 0 aliphatic rings. The Labute approximate surface area is 201 Å². The number of aliphatic carboxylic acids is 1. The number of nitrogens with one attached hydrogen (secondary N) is 1. The molecule has 0 unspecified atom stereocenters. The smallest absolute Gasteiger partial charge is 0.320 e. The number of hydrogen-bond acceptors (Lipinski definition) is 4. The Hall–Kier alpha value is -3.48. The first kappa shape index (κ1) is 25.1. The molecule has 3 rings (SSSR count). The highest BCUT2D eigenvalue weighted by molar-refractivity contribution is 5.94. The molecule has 178 valence electrons. The minimum atomic E-state index is -1.04. The minimum absolute atomic E-state index is 0.159. The van der Waals surface area contributed by atoms with Gasteiger partial charge in [0.05, 0.1) is 0 Å². The number of benzene rings is 3. The van der Waals surface area contributed by atoms with E-state index in [1.54, 1.807) is 24.3 Å². The van der Waals surface area contributed by atoms with E-state index in [-0.39, 0.29) is 18.2 Å². The second-order valence-electron chi connectivity index (χ2n) is 8.89. The lowest BCUT2D eigenvalue weighted by atomic mass is 9.87. The van der Waals surface area contributed by atoms with E-state index < -0.39 is 12.0 Å². The van der Waals surface area contributed by atoms with Gasteiger partial charge in [-0.15, -0.1) is 0 Å². The van der Waals surface area contributed by atoms with Crippen LogP contribution in [0.4, 0.5) is 0 Å². The number of carboxylic acid groups (broad SMARTS) is 1. The minimum Gasteiger partial charge on any atom is -0.480 e. The first-order chi connectivity index (χ1) is 16.3. The molecule has 0 bridgehead atoms. The molecule has 0 saturated carbocycles. The van der Waals surface area contributed by atoms with Gasteiger partial charge < -0.3 is 21.9 Å². The Morgan fingerprint density at radius 2 is 1.59 bits per heavy atom. The summed E-state index contributed by atoms with van der Waals surface area (Å²) in [5.41, 5.74) is 17.3. The molecule has 6 N–H and O–H groups in total. The monoisotopic (exact) mass is 459 g/mol. The molecule has 0 saturated heterocycles. The molecule has 6 heteroatoms. The molecule has 6 nitrogen and oxygen atoms in total. The molecule has 34 heavy (non-hydrogen) atoms. The molecule has 0 heterocycles. The van der Waals surface area contributed by atoms with Gasteiger partial charge >= 0.3 is 5.97 Å². The van der Waals surface area contributed by atoms with E-state index in [2.05, 4.69) is 49.5 Å². The summed E-state index contributed by atoms with van der Waals surface area (Å²) < 4.78 is 0. The van der Waals surface area contributed by atoms with Crippen molar-refractivity contribution >= 4 is 11.9 Å². The summed E-state index contributed by atoms with van der Waals surface area (Å²) in [6.07, 6.45) is 0.221. The summed E-state index contributed by atoms with van der Waals surface area (Å²) in [5, 5.41) is 12.0. The highest BCUT2D eigenvalue weighted by Gasteiger charge is 2.18. The topological polar surface area (TPSA) is 118 Å². The van der Waals surface area contributed by atoms with Crippen LogP contribution in [0.25, 0.3) is 11.1 Å². The zero-order valence-corrected chi connectivity index (χ0v) is 19.7. The van der Waals surface area contributed by atoms with Crippen molar-refractivity contribution in [2.75, 3.05) is 6.54 Å². The Morgan fingerprint density at radius 3 is 2.18 bits per heavy atom. The lowest BCUT2D eigenvalue weighted by Crippen LogP contribution is -2.32. The van der Waals surface area contributed by atoms with E-state index >= 15 is 0 Å². The van der Waals surface area contributed by atoms with Crippen molar-refractivity contribution in [1.82, 2.24) is 5.32 Å². The van der Waals surface area contributed by atoms with Crippen LogP contribution < -0.4 is 16.8 Å². The van der Waals surface area contributed by atoms with Gasteiger partial charge in [-0.05, 0) is 52.3 Å². The lowest BCUT2D eigenvalue weighted by Gasteiger charge is -2.22. The summed E-state index contributed by atoms with van der Waals surface area (Å²) >= 11 is 0. The van der Waals surface area contributed by atoms with Crippen molar-refractivity contribution in [2.24, 2.45) is 17.4 Å². The van der Waals surface area contributed by atoms with Crippen molar-refractivity contribution < 1.29 is 14.7 Å². The largest absolute Gasteiger partial charge is 0.480 e. The third-order valence-corrected chi connectivity index (χ3v) is 6.16. The van der Waals surface area contributed by atoms with E-state index in [1.165, 1.54) is 5.56 Å². The Kier molecular flexibility index (Phi) is 8.57. The van der Waals surface area contributed by atoms with Crippen molar-refractivity contribution in [2.45, 2.75) is 38.8 Å². The summed E-state index contributed by atoms with van der Waals surface area (Å²) in [6.45, 7) is 5.30. The molecule has 1 amide bonds. The molecule has 0 radical (unpaired) electrons. The first-order valence-electron chi connectivity index (χ1n) is 11.5. The molecule has 0 aromatic heterocycles. The quantitative estimate of drug-likeness (QED) is 0.366. The lowest BCUT2D eigenvalue weighted by molar-refractivity contribution is -0.138. The molecule has 3 aromatic carbocycles. The maximum atomic E-state index is 12.7. The van der Waals surface area contributed by atoms with Gasteiger partial charge in [-0.2, -0.15) is 0 Å². The van der Waals surface area contributed by atoms with Crippen LogP contribution >= 0.6 is 0 Å². The maximum absolute atomic E-state index is 12.7. The summed E-state index contributed by atoms with van der Waals surface area (Å²) in [6, 6.07) is 22.6. The fraction of sp³-hybridized carbons (Fsp3) is 0.286. The standard InChI is InChI=1S/C28H33N3O3/c1-18(2)25(21-13-11-20(12-14-21)24-6-4-3-5-23(24)16-29)17-31-27(32)22-9-7-19(8-10-22)15-26(30)28(33)34/h3-14,18,25-26H,15-17,29-30H2,1-2H3,(H,31,32)(H,33,34)/t25-,26+/m1/s1. The third-order valence-electron chi connectivity index (χ3n) is 6.16. The molecule has 2 atom stereocenters. The number of rotatable bonds is 10. The third kappa shape index (κ3) is 6.31. The number of nitrogens with two attached hydrogens (primary N) is 2. The van der Waals surface area contributed by atoms with Crippen LogP contribution in [0.3, 0.4) is 0 Å². The van der Waals surface area contributed by atoms with Crippen molar-refractivity contribution in [3.63, 3.8) is 0 Å². The summed E-state index contributed by atoms with van der Waals surface area (Å²) in [7, 11) is 0. The fourth-order valence-electron chi connectivity index (χ4n) is 4.07. The Balaban J connectivity index is 1.66. The van der Waals surface area contributed by atoms with Gasteiger partial charge in [0.25, 0.3) is 5.91 Å². The SMILES string of the molecule is CC(C)[C@@H](CNC(=O)c1ccc(C[C@H](N)C(=O)O)cc1)c1ccc(-c2ccccc2CN)cc1. The maximum Gasteiger partial charge on any atom is 0.320 e. The van der Waals surface area contributed by atoms with Crippen LogP contribution in [0.5, 0.6) is 0 Å². The summed E-state index contributed by atoms with van der Waals surface area (Å²) in [4.78, 5) is 23.6. The highest BCUT2D eigenvalue weighted by atomic mass is 16.4. The van der Waals surface area contributed by atoms with E-state index in [0.717, 1.165) is 22.3 Å². The van der Waals surface area contributed by atoms with Crippen molar-refractivity contribution in [3.05, 3.63) is 95.1 Å². The van der Waals surface area contributed by atoms with Gasteiger partial charge in [-0.25, -0.2) is 0 Å². The number of amides is 1. The van der Waals surface area contributed by atoms with Crippen LogP contribution in [0.1, 0.15) is 46.8 Å². The molecular formula is C28H33N3O3. The number of carbonyl (C=O) groups is 2. The highest BCUT2D eigenvalue weighted by Crippen LogP contribution is 2.28. The van der Waals surface area contributed by atoms with E-state index in [9.17, 15) is 9.59 Å².